The molecule has 0 aliphatic heterocycles. The summed E-state index contributed by atoms with van der Waals surface area (Å²) in [5, 5.41) is 19.7. The predicted octanol–water partition coefficient (Wildman–Crippen LogP) is 3.16. The van der Waals surface area contributed by atoms with Crippen LogP contribution in [0.4, 0.5) is 0 Å². The van der Waals surface area contributed by atoms with E-state index in [1.54, 1.807) is 6.07 Å². The molecule has 0 atom stereocenters. The second-order valence-electron chi connectivity index (χ2n) is 5.64. The first kappa shape index (κ1) is 15.6. The highest BCUT2D eigenvalue weighted by atomic mass is 16.5. The Kier molecular flexibility index (Phi) is 4.95. The molecule has 4 heteroatoms. The molecule has 0 aliphatic carbocycles. The molecular weight excluding hydrogens is 290 g/mol. The fraction of sp³-hybridized carbons (Fsp3) is 0.263. The molecule has 1 heterocycles. The summed E-state index contributed by atoms with van der Waals surface area (Å²) in [5.41, 5.74) is 3.87. The summed E-state index contributed by atoms with van der Waals surface area (Å²) in [4.78, 5) is 3.41. The fourth-order valence-corrected chi connectivity index (χ4v) is 2.72. The van der Waals surface area contributed by atoms with Crippen molar-refractivity contribution < 1.29 is 14.9 Å². The van der Waals surface area contributed by atoms with Crippen molar-refractivity contribution in [1.29, 1.82) is 0 Å². The standard InChI is InChI=1S/C19H21NO3/c21-12-14-8-15(13-22)10-18(9-14)23-7-3-5-17-11-16-4-1-2-6-19(16)20-17/h1-2,4,6,8-11,20-22H,3,5,7,12-13H2. The Bertz CT molecular complexity index is 724. The van der Waals surface area contributed by atoms with Gasteiger partial charge in [0.2, 0.25) is 0 Å². The fourth-order valence-electron chi connectivity index (χ4n) is 2.72. The van der Waals surface area contributed by atoms with Crippen LogP contribution in [0.2, 0.25) is 0 Å². The molecule has 0 saturated carbocycles. The maximum Gasteiger partial charge on any atom is 0.120 e. The van der Waals surface area contributed by atoms with Gasteiger partial charge in [-0.2, -0.15) is 0 Å². The number of rotatable bonds is 7. The SMILES string of the molecule is OCc1cc(CO)cc(OCCCc2cc3ccccc3[nH]2)c1. The number of aliphatic hydroxyl groups excluding tert-OH is 2. The second-order valence-corrected chi connectivity index (χ2v) is 5.64. The third-order valence-corrected chi connectivity index (χ3v) is 3.84. The highest BCUT2D eigenvalue weighted by Crippen LogP contribution is 2.19. The molecule has 0 radical (unpaired) electrons. The van der Waals surface area contributed by atoms with Gasteiger partial charge in [-0.05, 0) is 53.6 Å². The van der Waals surface area contributed by atoms with Crippen LogP contribution in [-0.4, -0.2) is 21.8 Å². The summed E-state index contributed by atoms with van der Waals surface area (Å²) in [6, 6.07) is 15.8. The van der Waals surface area contributed by atoms with Crippen molar-refractivity contribution in [3.8, 4) is 5.75 Å². The molecule has 0 saturated heterocycles. The highest BCUT2D eigenvalue weighted by molar-refractivity contribution is 5.80. The van der Waals surface area contributed by atoms with E-state index in [0.29, 0.717) is 12.4 Å². The van der Waals surface area contributed by atoms with Crippen LogP contribution in [0.3, 0.4) is 0 Å². The number of ether oxygens (including phenoxy) is 1. The zero-order valence-electron chi connectivity index (χ0n) is 13.0. The number of aromatic nitrogens is 1. The Hall–Kier alpha value is -2.30. The Morgan fingerprint density at radius 3 is 2.35 bits per heavy atom. The smallest absolute Gasteiger partial charge is 0.120 e. The van der Waals surface area contributed by atoms with Gasteiger partial charge in [0, 0.05) is 11.2 Å². The van der Waals surface area contributed by atoms with Crippen LogP contribution in [0.25, 0.3) is 10.9 Å². The number of aliphatic hydroxyl groups is 2. The third kappa shape index (κ3) is 3.92. The largest absolute Gasteiger partial charge is 0.494 e. The van der Waals surface area contributed by atoms with Crippen LogP contribution >= 0.6 is 0 Å². The zero-order chi connectivity index (χ0) is 16.1. The lowest BCUT2D eigenvalue weighted by molar-refractivity contribution is 0.270. The Morgan fingerprint density at radius 1 is 0.913 bits per heavy atom. The summed E-state index contributed by atoms with van der Waals surface area (Å²) >= 11 is 0. The summed E-state index contributed by atoms with van der Waals surface area (Å²) in [6.07, 6.45) is 1.81. The monoisotopic (exact) mass is 311 g/mol. The average Bonchev–Trinajstić information content (AvgIpc) is 3.01. The second kappa shape index (κ2) is 7.31. The molecule has 4 nitrogen and oxygen atoms in total. The van der Waals surface area contributed by atoms with E-state index in [1.165, 1.54) is 11.1 Å². The van der Waals surface area contributed by atoms with Crippen LogP contribution in [0, 0.1) is 0 Å². The number of nitrogens with one attached hydrogen (secondary N) is 1. The first-order valence-electron chi connectivity index (χ1n) is 7.82. The van der Waals surface area contributed by atoms with Crippen LogP contribution in [-0.2, 0) is 19.6 Å². The molecular formula is C19H21NO3. The third-order valence-electron chi connectivity index (χ3n) is 3.84. The quantitative estimate of drug-likeness (QED) is 0.587. The number of para-hydroxylation sites is 1. The Balaban J connectivity index is 1.55. The van der Waals surface area contributed by atoms with Crippen LogP contribution in [0.1, 0.15) is 23.2 Å². The average molecular weight is 311 g/mol. The van der Waals surface area contributed by atoms with Crippen molar-refractivity contribution in [2.45, 2.75) is 26.1 Å². The van der Waals surface area contributed by atoms with Gasteiger partial charge in [0.1, 0.15) is 5.75 Å². The molecule has 0 amide bonds. The molecule has 0 bridgehead atoms. The first-order valence-corrected chi connectivity index (χ1v) is 7.82. The van der Waals surface area contributed by atoms with E-state index in [0.717, 1.165) is 29.5 Å². The number of hydrogen-bond acceptors (Lipinski definition) is 3. The Morgan fingerprint density at radius 2 is 1.65 bits per heavy atom. The van der Waals surface area contributed by atoms with E-state index >= 15 is 0 Å². The summed E-state index contributed by atoms with van der Waals surface area (Å²) < 4.78 is 5.75. The van der Waals surface area contributed by atoms with E-state index in [2.05, 4.69) is 23.2 Å². The number of hydrogen-bond donors (Lipinski definition) is 3. The van der Waals surface area contributed by atoms with Gasteiger partial charge < -0.3 is 19.9 Å². The van der Waals surface area contributed by atoms with Crippen molar-refractivity contribution in [3.05, 3.63) is 65.4 Å². The number of H-pyrrole nitrogens is 1. The summed E-state index contributed by atoms with van der Waals surface area (Å²) in [6.45, 7) is 0.480. The molecule has 3 aromatic rings. The molecule has 23 heavy (non-hydrogen) atoms. The lowest BCUT2D eigenvalue weighted by Crippen LogP contribution is -2.01. The van der Waals surface area contributed by atoms with Crippen molar-refractivity contribution in [2.75, 3.05) is 6.61 Å². The summed E-state index contributed by atoms with van der Waals surface area (Å²) in [7, 11) is 0. The predicted molar refractivity (Wildman–Crippen MR) is 90.4 cm³/mol. The van der Waals surface area contributed by atoms with E-state index in [4.69, 9.17) is 4.74 Å². The highest BCUT2D eigenvalue weighted by Gasteiger charge is 2.03. The molecule has 3 rings (SSSR count). The summed E-state index contributed by atoms with van der Waals surface area (Å²) in [5.74, 6) is 0.692. The van der Waals surface area contributed by atoms with Gasteiger partial charge in [0.05, 0.1) is 19.8 Å². The van der Waals surface area contributed by atoms with Crippen LogP contribution in [0.15, 0.2) is 48.5 Å². The van der Waals surface area contributed by atoms with Gasteiger partial charge in [-0.1, -0.05) is 24.3 Å². The molecule has 120 valence electrons. The van der Waals surface area contributed by atoms with Gasteiger partial charge in [-0.25, -0.2) is 0 Å². The lowest BCUT2D eigenvalue weighted by atomic mass is 10.1. The topological polar surface area (TPSA) is 65.5 Å². The maximum atomic E-state index is 9.23. The number of aromatic amines is 1. The molecule has 0 spiro atoms. The van der Waals surface area contributed by atoms with Crippen LogP contribution in [0.5, 0.6) is 5.75 Å². The molecule has 0 fully saturated rings. The molecule has 1 aromatic heterocycles. The number of benzene rings is 2. The molecule has 3 N–H and O–H groups in total. The van der Waals surface area contributed by atoms with Gasteiger partial charge in [-0.15, -0.1) is 0 Å². The van der Waals surface area contributed by atoms with Crippen LogP contribution < -0.4 is 4.74 Å². The van der Waals surface area contributed by atoms with Gasteiger partial charge in [-0.3, -0.25) is 0 Å². The zero-order valence-corrected chi connectivity index (χ0v) is 13.0. The van der Waals surface area contributed by atoms with Crippen molar-refractivity contribution in [2.24, 2.45) is 0 Å². The number of aryl methyl sites for hydroxylation is 1. The minimum absolute atomic E-state index is 0.0563. The van der Waals surface area contributed by atoms with E-state index < -0.39 is 0 Å². The normalized spacial score (nSPS) is 11.0. The van der Waals surface area contributed by atoms with E-state index in [9.17, 15) is 10.2 Å². The number of fused-ring (bicyclic) bond motifs is 1. The van der Waals surface area contributed by atoms with Crippen molar-refractivity contribution >= 4 is 10.9 Å². The first-order chi connectivity index (χ1) is 11.3. The lowest BCUT2D eigenvalue weighted by Gasteiger charge is -2.09. The van der Waals surface area contributed by atoms with Gasteiger partial charge in [0.15, 0.2) is 0 Å². The van der Waals surface area contributed by atoms with E-state index in [1.807, 2.05) is 24.3 Å². The minimum Gasteiger partial charge on any atom is -0.494 e. The molecule has 0 unspecified atom stereocenters. The maximum absolute atomic E-state index is 9.23. The molecule has 0 aliphatic rings. The minimum atomic E-state index is -0.0563. The Labute approximate surface area is 135 Å². The van der Waals surface area contributed by atoms with Crippen molar-refractivity contribution in [1.82, 2.24) is 4.98 Å². The van der Waals surface area contributed by atoms with E-state index in [-0.39, 0.29) is 13.2 Å². The molecule has 2 aromatic carbocycles. The van der Waals surface area contributed by atoms with Crippen molar-refractivity contribution in [3.63, 3.8) is 0 Å². The van der Waals surface area contributed by atoms with Gasteiger partial charge in [0.25, 0.3) is 0 Å². The van der Waals surface area contributed by atoms with Gasteiger partial charge >= 0.3 is 0 Å².